The Bertz CT molecular complexity index is 912. The Hall–Kier alpha value is -2.31. The average Bonchev–Trinajstić information content (AvgIpc) is 3.07. The molecule has 5 nitrogen and oxygen atoms in total. The Kier molecular flexibility index (Phi) is 4.70. The first-order valence-corrected chi connectivity index (χ1v) is 9.18. The van der Waals surface area contributed by atoms with Gasteiger partial charge in [0.2, 0.25) is 0 Å². The average molecular weight is 353 g/mol. The molecule has 136 valence electrons. The minimum Gasteiger partial charge on any atom is -0.301 e. The zero-order valence-corrected chi connectivity index (χ0v) is 15.3. The number of rotatable bonds is 4. The minimum absolute atomic E-state index is 0.159. The van der Waals surface area contributed by atoms with Crippen LogP contribution < -0.4 is 0 Å². The van der Waals surface area contributed by atoms with Crippen LogP contribution in [0.5, 0.6) is 0 Å². The molecule has 0 spiro atoms. The van der Waals surface area contributed by atoms with Crippen molar-refractivity contribution in [3.63, 3.8) is 0 Å². The second-order valence-corrected chi connectivity index (χ2v) is 6.87. The van der Waals surface area contributed by atoms with Gasteiger partial charge in [-0.2, -0.15) is 0 Å². The highest BCUT2D eigenvalue weighted by Gasteiger charge is 2.17. The number of fused-ring (bicyclic) bond motifs is 1. The third-order valence-corrected chi connectivity index (χ3v) is 5.17. The summed E-state index contributed by atoms with van der Waals surface area (Å²) >= 11 is 0. The van der Waals surface area contributed by atoms with Gasteiger partial charge in [-0.05, 0) is 31.7 Å². The maximum Gasteiger partial charge on any atom is 0.148 e. The van der Waals surface area contributed by atoms with Gasteiger partial charge in [0.1, 0.15) is 17.3 Å². The molecule has 0 radical (unpaired) electrons. The van der Waals surface area contributed by atoms with Crippen molar-refractivity contribution in [2.45, 2.75) is 20.4 Å². The summed E-state index contributed by atoms with van der Waals surface area (Å²) in [6, 6.07) is 7.43. The zero-order chi connectivity index (χ0) is 18.1. The normalized spacial score (nSPS) is 16.4. The molecule has 1 aliphatic heterocycles. The maximum atomic E-state index is 14.7. The molecule has 0 bridgehead atoms. The fourth-order valence-electron chi connectivity index (χ4n) is 3.53. The van der Waals surface area contributed by atoms with Crippen LogP contribution in [-0.4, -0.2) is 57.1 Å². The van der Waals surface area contributed by atoms with Crippen LogP contribution in [0.25, 0.3) is 16.7 Å². The number of benzene rings is 1. The van der Waals surface area contributed by atoms with E-state index in [-0.39, 0.29) is 5.82 Å². The predicted molar refractivity (Wildman–Crippen MR) is 101 cm³/mol. The summed E-state index contributed by atoms with van der Waals surface area (Å²) in [5.74, 6) is 0.550. The van der Waals surface area contributed by atoms with Gasteiger partial charge in [0.15, 0.2) is 0 Å². The number of aromatic nitrogens is 3. The van der Waals surface area contributed by atoms with Crippen LogP contribution in [0.1, 0.15) is 18.3 Å². The van der Waals surface area contributed by atoms with Gasteiger partial charge in [0.05, 0.1) is 0 Å². The van der Waals surface area contributed by atoms with Crippen molar-refractivity contribution >= 4 is 11.0 Å². The predicted octanol–water partition coefficient (Wildman–Crippen LogP) is 3.01. The number of aryl methyl sites for hydroxylation is 1. The lowest BCUT2D eigenvalue weighted by Crippen LogP contribution is -2.45. The lowest BCUT2D eigenvalue weighted by Gasteiger charge is -2.34. The van der Waals surface area contributed by atoms with E-state index < -0.39 is 0 Å². The molecule has 0 N–H and O–H groups in total. The van der Waals surface area contributed by atoms with Gasteiger partial charge in [-0.15, -0.1) is 0 Å². The van der Waals surface area contributed by atoms with Crippen molar-refractivity contribution in [3.05, 3.63) is 53.9 Å². The fraction of sp³-hybridized carbons (Fsp3) is 0.400. The number of piperazine rings is 1. The van der Waals surface area contributed by atoms with Crippen LogP contribution in [0.15, 0.2) is 36.7 Å². The summed E-state index contributed by atoms with van der Waals surface area (Å²) in [5, 5.41) is 0.953. The first kappa shape index (κ1) is 17.1. The second kappa shape index (κ2) is 7.13. The van der Waals surface area contributed by atoms with Crippen molar-refractivity contribution in [1.29, 1.82) is 0 Å². The molecular formula is C20H24FN5. The van der Waals surface area contributed by atoms with Gasteiger partial charge in [-0.3, -0.25) is 4.90 Å². The summed E-state index contributed by atoms with van der Waals surface area (Å²) in [6.07, 6.45) is 3.71. The van der Waals surface area contributed by atoms with Crippen LogP contribution in [0.4, 0.5) is 4.39 Å². The molecule has 0 atom stereocenters. The number of hydrogen-bond acceptors (Lipinski definition) is 4. The first-order chi connectivity index (χ1) is 12.6. The highest BCUT2D eigenvalue weighted by atomic mass is 19.1. The Morgan fingerprint density at radius 3 is 2.58 bits per heavy atom. The third kappa shape index (κ3) is 3.34. The summed E-state index contributed by atoms with van der Waals surface area (Å²) in [5.41, 5.74) is 2.34. The van der Waals surface area contributed by atoms with Crippen molar-refractivity contribution in [1.82, 2.24) is 24.3 Å². The molecule has 1 aromatic carbocycles. The molecule has 2 aromatic heterocycles. The van der Waals surface area contributed by atoms with E-state index in [1.54, 1.807) is 12.3 Å². The van der Waals surface area contributed by atoms with Crippen LogP contribution >= 0.6 is 0 Å². The second-order valence-electron chi connectivity index (χ2n) is 6.87. The summed E-state index contributed by atoms with van der Waals surface area (Å²) in [6.45, 7) is 9.91. The van der Waals surface area contributed by atoms with Gasteiger partial charge in [0.25, 0.3) is 0 Å². The SMILES string of the molecule is CCN1CCN(Cc2ccc(-n3ccc4cnc(C)nc43)cc2F)CC1. The van der Waals surface area contributed by atoms with E-state index in [1.807, 2.05) is 35.9 Å². The van der Waals surface area contributed by atoms with Crippen molar-refractivity contribution < 1.29 is 4.39 Å². The van der Waals surface area contributed by atoms with Crippen LogP contribution in [0.2, 0.25) is 0 Å². The van der Waals surface area contributed by atoms with E-state index in [1.165, 1.54) is 0 Å². The van der Waals surface area contributed by atoms with Gasteiger partial charge >= 0.3 is 0 Å². The van der Waals surface area contributed by atoms with Gasteiger partial charge < -0.3 is 9.47 Å². The minimum atomic E-state index is -0.159. The molecule has 1 fully saturated rings. The number of hydrogen-bond donors (Lipinski definition) is 0. The summed E-state index contributed by atoms with van der Waals surface area (Å²) in [4.78, 5) is 13.5. The Morgan fingerprint density at radius 2 is 1.85 bits per heavy atom. The van der Waals surface area contributed by atoms with E-state index in [0.717, 1.165) is 55.0 Å². The molecule has 0 unspecified atom stereocenters. The molecule has 4 rings (SSSR count). The number of likely N-dealkylation sites (N-methyl/N-ethyl adjacent to an activating group) is 1. The van der Waals surface area contributed by atoms with E-state index in [0.29, 0.717) is 12.4 Å². The van der Waals surface area contributed by atoms with E-state index in [9.17, 15) is 4.39 Å². The van der Waals surface area contributed by atoms with Crippen molar-refractivity contribution in [3.8, 4) is 5.69 Å². The molecule has 3 heterocycles. The third-order valence-electron chi connectivity index (χ3n) is 5.17. The molecule has 0 aliphatic carbocycles. The molecule has 0 amide bonds. The lowest BCUT2D eigenvalue weighted by molar-refractivity contribution is 0.131. The first-order valence-electron chi connectivity index (χ1n) is 9.18. The number of nitrogens with zero attached hydrogens (tertiary/aromatic N) is 5. The van der Waals surface area contributed by atoms with Crippen molar-refractivity contribution in [2.24, 2.45) is 0 Å². The Balaban J connectivity index is 1.55. The zero-order valence-electron chi connectivity index (χ0n) is 15.3. The van der Waals surface area contributed by atoms with Crippen LogP contribution in [0.3, 0.4) is 0 Å². The van der Waals surface area contributed by atoms with Gasteiger partial charge in [0, 0.05) is 61.8 Å². The molecule has 26 heavy (non-hydrogen) atoms. The number of halogens is 1. The molecule has 1 aliphatic rings. The summed E-state index contributed by atoms with van der Waals surface area (Å²) in [7, 11) is 0. The van der Waals surface area contributed by atoms with Gasteiger partial charge in [-0.25, -0.2) is 14.4 Å². The van der Waals surface area contributed by atoms with Crippen molar-refractivity contribution in [2.75, 3.05) is 32.7 Å². The fourth-order valence-corrected chi connectivity index (χ4v) is 3.53. The van der Waals surface area contributed by atoms with E-state index in [2.05, 4.69) is 26.7 Å². The molecular weight excluding hydrogens is 329 g/mol. The van der Waals surface area contributed by atoms with Crippen LogP contribution in [-0.2, 0) is 6.54 Å². The largest absolute Gasteiger partial charge is 0.301 e. The standard InChI is InChI=1S/C20H24FN5/c1-3-24-8-10-25(11-9-24)14-17-4-5-18(12-19(17)21)26-7-6-16-13-22-15(2)23-20(16)26/h4-7,12-13H,3,8-11,14H2,1-2H3. The molecule has 6 heteroatoms. The van der Waals surface area contributed by atoms with E-state index in [4.69, 9.17) is 0 Å². The lowest BCUT2D eigenvalue weighted by atomic mass is 10.1. The molecule has 3 aromatic rings. The Labute approximate surface area is 153 Å². The monoisotopic (exact) mass is 353 g/mol. The maximum absolute atomic E-state index is 14.7. The highest BCUT2D eigenvalue weighted by molar-refractivity contribution is 5.77. The molecule has 0 saturated carbocycles. The quantitative estimate of drug-likeness (QED) is 0.723. The van der Waals surface area contributed by atoms with E-state index >= 15 is 0 Å². The van der Waals surface area contributed by atoms with Crippen LogP contribution in [0, 0.1) is 12.7 Å². The highest BCUT2D eigenvalue weighted by Crippen LogP contribution is 2.21. The topological polar surface area (TPSA) is 37.2 Å². The summed E-state index contributed by atoms with van der Waals surface area (Å²) < 4.78 is 16.6. The van der Waals surface area contributed by atoms with Gasteiger partial charge in [-0.1, -0.05) is 13.0 Å². The smallest absolute Gasteiger partial charge is 0.148 e. The molecule has 1 saturated heterocycles. The Morgan fingerprint density at radius 1 is 1.08 bits per heavy atom.